The van der Waals surface area contributed by atoms with E-state index in [0.29, 0.717) is 5.54 Å². The number of hydrogen-bond acceptors (Lipinski definition) is 2. The Kier molecular flexibility index (Phi) is 5.77. The van der Waals surface area contributed by atoms with Crippen molar-refractivity contribution in [3.8, 4) is 0 Å². The highest BCUT2D eigenvalue weighted by Crippen LogP contribution is 2.20. The van der Waals surface area contributed by atoms with Gasteiger partial charge in [-0.2, -0.15) is 0 Å². The number of rotatable bonds is 6. The van der Waals surface area contributed by atoms with Gasteiger partial charge in [0.15, 0.2) is 0 Å². The van der Waals surface area contributed by atoms with Crippen molar-refractivity contribution in [2.75, 3.05) is 26.7 Å². The van der Waals surface area contributed by atoms with E-state index in [2.05, 4.69) is 38.0 Å². The summed E-state index contributed by atoms with van der Waals surface area (Å²) in [6, 6.07) is 0. The Morgan fingerprint density at radius 2 is 1.88 bits per heavy atom. The molecule has 0 aromatic heterocycles. The molecule has 0 radical (unpaired) electrons. The van der Waals surface area contributed by atoms with Gasteiger partial charge >= 0.3 is 0 Å². The van der Waals surface area contributed by atoms with Crippen molar-refractivity contribution in [2.45, 2.75) is 58.4 Å². The normalized spacial score (nSPS) is 19.3. The smallest absolute Gasteiger partial charge is 0.0147 e. The fraction of sp³-hybridized carbons (Fsp3) is 1.00. The minimum atomic E-state index is 0.369. The van der Waals surface area contributed by atoms with Gasteiger partial charge in [0.1, 0.15) is 0 Å². The molecule has 16 heavy (non-hydrogen) atoms. The van der Waals surface area contributed by atoms with Gasteiger partial charge in [-0.05, 0) is 78.6 Å². The average Bonchev–Trinajstić information content (AvgIpc) is 2.30. The van der Waals surface area contributed by atoms with Crippen LogP contribution in [0.4, 0.5) is 0 Å². The van der Waals surface area contributed by atoms with Gasteiger partial charge < -0.3 is 10.2 Å². The second kappa shape index (κ2) is 6.61. The van der Waals surface area contributed by atoms with E-state index in [4.69, 9.17) is 0 Å². The number of piperidine rings is 1. The lowest BCUT2D eigenvalue weighted by Gasteiger charge is -2.35. The molecule has 1 saturated heterocycles. The van der Waals surface area contributed by atoms with Crippen LogP contribution in [-0.4, -0.2) is 37.1 Å². The van der Waals surface area contributed by atoms with Crippen molar-refractivity contribution < 1.29 is 0 Å². The zero-order valence-corrected chi connectivity index (χ0v) is 11.7. The third kappa shape index (κ3) is 4.42. The van der Waals surface area contributed by atoms with Crippen LogP contribution in [0.25, 0.3) is 0 Å². The molecule has 1 fully saturated rings. The molecular weight excluding hydrogens is 196 g/mol. The molecule has 1 aliphatic heterocycles. The maximum absolute atomic E-state index is 3.44. The molecule has 0 saturated carbocycles. The maximum Gasteiger partial charge on any atom is 0.0147 e. The van der Waals surface area contributed by atoms with E-state index < -0.39 is 0 Å². The summed E-state index contributed by atoms with van der Waals surface area (Å²) in [4.78, 5) is 2.52. The van der Waals surface area contributed by atoms with Crippen LogP contribution in [0.2, 0.25) is 0 Å². The van der Waals surface area contributed by atoms with Crippen LogP contribution in [0, 0.1) is 5.92 Å². The topological polar surface area (TPSA) is 15.3 Å². The van der Waals surface area contributed by atoms with E-state index >= 15 is 0 Å². The van der Waals surface area contributed by atoms with Crippen molar-refractivity contribution in [3.63, 3.8) is 0 Å². The minimum Gasteiger partial charge on any atom is -0.317 e. The predicted molar refractivity (Wildman–Crippen MR) is 71.8 cm³/mol. The van der Waals surface area contributed by atoms with E-state index in [-0.39, 0.29) is 0 Å². The molecule has 0 bridgehead atoms. The molecule has 1 heterocycles. The van der Waals surface area contributed by atoms with Crippen LogP contribution >= 0.6 is 0 Å². The molecule has 0 aliphatic carbocycles. The third-order valence-electron chi connectivity index (χ3n) is 4.46. The van der Waals surface area contributed by atoms with E-state index in [1.54, 1.807) is 0 Å². The average molecular weight is 226 g/mol. The van der Waals surface area contributed by atoms with Crippen molar-refractivity contribution >= 4 is 0 Å². The van der Waals surface area contributed by atoms with Gasteiger partial charge in [0, 0.05) is 5.54 Å². The molecule has 2 nitrogen and oxygen atoms in total. The van der Waals surface area contributed by atoms with Crippen LogP contribution in [0.15, 0.2) is 0 Å². The summed E-state index contributed by atoms with van der Waals surface area (Å²) < 4.78 is 0. The number of nitrogens with zero attached hydrogens (tertiary/aromatic N) is 1. The molecule has 0 spiro atoms. The molecule has 0 aromatic carbocycles. The first-order valence-electron chi connectivity index (χ1n) is 6.98. The highest BCUT2D eigenvalue weighted by molar-refractivity contribution is 4.77. The van der Waals surface area contributed by atoms with Crippen molar-refractivity contribution in [3.05, 3.63) is 0 Å². The molecule has 1 aliphatic rings. The molecule has 96 valence electrons. The Morgan fingerprint density at radius 3 is 2.44 bits per heavy atom. The Morgan fingerprint density at radius 1 is 1.25 bits per heavy atom. The van der Waals surface area contributed by atoms with Gasteiger partial charge in [-0.1, -0.05) is 6.92 Å². The quantitative estimate of drug-likeness (QED) is 0.749. The zero-order chi connectivity index (χ0) is 12.0. The third-order valence-corrected chi connectivity index (χ3v) is 4.46. The Balaban J connectivity index is 2.14. The molecule has 0 atom stereocenters. The molecular formula is C14H30N2. The zero-order valence-electron chi connectivity index (χ0n) is 11.7. The van der Waals surface area contributed by atoms with Crippen LogP contribution in [0.3, 0.4) is 0 Å². The maximum atomic E-state index is 3.44. The van der Waals surface area contributed by atoms with Crippen molar-refractivity contribution in [1.29, 1.82) is 0 Å². The lowest BCUT2D eigenvalue weighted by molar-refractivity contribution is 0.144. The fourth-order valence-electron chi connectivity index (χ4n) is 2.36. The van der Waals surface area contributed by atoms with Gasteiger partial charge in [-0.3, -0.25) is 0 Å². The molecule has 1 rings (SSSR count). The summed E-state index contributed by atoms with van der Waals surface area (Å²) >= 11 is 0. The fourth-order valence-corrected chi connectivity index (χ4v) is 2.36. The molecule has 0 amide bonds. The lowest BCUT2D eigenvalue weighted by atomic mass is 9.92. The first-order chi connectivity index (χ1) is 7.56. The van der Waals surface area contributed by atoms with Crippen LogP contribution in [0.1, 0.15) is 52.9 Å². The number of nitrogens with one attached hydrogen (secondary N) is 1. The minimum absolute atomic E-state index is 0.369. The van der Waals surface area contributed by atoms with E-state index in [9.17, 15) is 0 Å². The first kappa shape index (κ1) is 14.0. The highest BCUT2D eigenvalue weighted by atomic mass is 15.2. The van der Waals surface area contributed by atoms with Crippen molar-refractivity contribution in [1.82, 2.24) is 10.2 Å². The summed E-state index contributed by atoms with van der Waals surface area (Å²) in [5.41, 5.74) is 0.369. The first-order valence-corrected chi connectivity index (χ1v) is 6.98. The van der Waals surface area contributed by atoms with Crippen LogP contribution in [-0.2, 0) is 0 Å². The van der Waals surface area contributed by atoms with E-state index in [1.165, 1.54) is 51.7 Å². The monoisotopic (exact) mass is 226 g/mol. The molecule has 0 aromatic rings. The SMILES string of the molecule is CCC(C)(C)N(C)CCCC1CCNCC1. The van der Waals surface area contributed by atoms with Gasteiger partial charge in [-0.25, -0.2) is 0 Å². The highest BCUT2D eigenvalue weighted by Gasteiger charge is 2.21. The van der Waals surface area contributed by atoms with Gasteiger partial charge in [0.25, 0.3) is 0 Å². The largest absolute Gasteiger partial charge is 0.317 e. The van der Waals surface area contributed by atoms with Gasteiger partial charge in [-0.15, -0.1) is 0 Å². The van der Waals surface area contributed by atoms with E-state index in [1.807, 2.05) is 0 Å². The number of hydrogen-bond donors (Lipinski definition) is 1. The summed E-state index contributed by atoms with van der Waals surface area (Å²) in [5, 5.41) is 3.44. The standard InChI is InChI=1S/C14H30N2/c1-5-14(2,3)16(4)12-6-7-13-8-10-15-11-9-13/h13,15H,5-12H2,1-4H3. The van der Waals surface area contributed by atoms with Gasteiger partial charge in [0.2, 0.25) is 0 Å². The van der Waals surface area contributed by atoms with Gasteiger partial charge in [0.05, 0.1) is 0 Å². The Hall–Kier alpha value is -0.0800. The summed E-state index contributed by atoms with van der Waals surface area (Å²) in [5.74, 6) is 0.986. The van der Waals surface area contributed by atoms with Crippen molar-refractivity contribution in [2.24, 2.45) is 5.92 Å². The van der Waals surface area contributed by atoms with Crippen LogP contribution in [0.5, 0.6) is 0 Å². The Labute approximate surface area is 102 Å². The second-order valence-electron chi connectivity index (χ2n) is 5.92. The Bertz CT molecular complexity index is 183. The second-order valence-corrected chi connectivity index (χ2v) is 5.92. The van der Waals surface area contributed by atoms with Crippen LogP contribution < -0.4 is 5.32 Å². The summed E-state index contributed by atoms with van der Waals surface area (Å²) in [6.07, 6.45) is 6.80. The summed E-state index contributed by atoms with van der Waals surface area (Å²) in [7, 11) is 2.27. The molecule has 0 unspecified atom stereocenters. The van der Waals surface area contributed by atoms with E-state index in [0.717, 1.165) is 5.92 Å². The molecule has 1 N–H and O–H groups in total. The lowest BCUT2D eigenvalue weighted by Crippen LogP contribution is -2.41. The summed E-state index contributed by atoms with van der Waals surface area (Å²) in [6.45, 7) is 10.7. The predicted octanol–water partition coefficient (Wildman–Crippen LogP) is 2.89. The molecule has 2 heteroatoms.